The SMILES string of the molecule is O=C(CCn1ccnn1)Nc1cccc(Cl)c1C(=O)O. The minimum atomic E-state index is -1.19. The Bertz CT molecular complexity index is 628. The fourth-order valence-electron chi connectivity index (χ4n) is 1.63. The molecule has 0 atom stereocenters. The Kier molecular flexibility index (Phi) is 4.31. The second-order valence-corrected chi connectivity index (χ2v) is 4.34. The van der Waals surface area contributed by atoms with Crippen LogP contribution in [0.15, 0.2) is 30.6 Å². The molecular formula is C12H11ClN4O3. The second kappa shape index (κ2) is 6.16. The van der Waals surface area contributed by atoms with Gasteiger partial charge in [-0.05, 0) is 12.1 Å². The molecular weight excluding hydrogens is 284 g/mol. The van der Waals surface area contributed by atoms with Gasteiger partial charge in [0.05, 0.1) is 23.5 Å². The monoisotopic (exact) mass is 294 g/mol. The molecule has 0 aliphatic carbocycles. The van der Waals surface area contributed by atoms with Crippen LogP contribution in [0, 0.1) is 0 Å². The van der Waals surface area contributed by atoms with Crippen molar-refractivity contribution in [3.8, 4) is 0 Å². The molecule has 1 heterocycles. The molecule has 0 unspecified atom stereocenters. The summed E-state index contributed by atoms with van der Waals surface area (Å²) in [6.45, 7) is 0.356. The molecule has 0 radical (unpaired) electrons. The normalized spacial score (nSPS) is 10.2. The van der Waals surface area contributed by atoms with E-state index >= 15 is 0 Å². The number of rotatable bonds is 5. The number of aromatic carboxylic acids is 1. The molecule has 0 spiro atoms. The van der Waals surface area contributed by atoms with Gasteiger partial charge in [0.1, 0.15) is 5.56 Å². The average Bonchev–Trinajstić information content (AvgIpc) is 2.89. The number of anilines is 1. The molecule has 2 N–H and O–H groups in total. The van der Waals surface area contributed by atoms with Crippen LogP contribution in [0.1, 0.15) is 16.8 Å². The second-order valence-electron chi connectivity index (χ2n) is 3.93. The van der Waals surface area contributed by atoms with Gasteiger partial charge in [0.2, 0.25) is 5.91 Å². The van der Waals surface area contributed by atoms with Gasteiger partial charge in [-0.3, -0.25) is 9.48 Å². The molecule has 104 valence electrons. The van der Waals surface area contributed by atoms with Gasteiger partial charge in [-0.25, -0.2) is 4.79 Å². The lowest BCUT2D eigenvalue weighted by atomic mass is 10.1. The molecule has 2 aromatic rings. The van der Waals surface area contributed by atoms with E-state index in [4.69, 9.17) is 16.7 Å². The van der Waals surface area contributed by atoms with Crippen LogP contribution in [0.5, 0.6) is 0 Å². The van der Waals surface area contributed by atoms with Crippen molar-refractivity contribution >= 4 is 29.2 Å². The topological polar surface area (TPSA) is 97.1 Å². The lowest BCUT2D eigenvalue weighted by molar-refractivity contribution is -0.116. The van der Waals surface area contributed by atoms with Crippen molar-refractivity contribution in [1.82, 2.24) is 15.0 Å². The number of carbonyl (C=O) groups is 2. The highest BCUT2D eigenvalue weighted by atomic mass is 35.5. The van der Waals surface area contributed by atoms with Crippen molar-refractivity contribution in [2.45, 2.75) is 13.0 Å². The Labute approximate surface area is 119 Å². The zero-order valence-corrected chi connectivity index (χ0v) is 11.0. The third-order valence-corrected chi connectivity index (χ3v) is 2.86. The van der Waals surface area contributed by atoms with Crippen molar-refractivity contribution in [3.05, 3.63) is 41.2 Å². The third-order valence-electron chi connectivity index (χ3n) is 2.54. The maximum atomic E-state index is 11.8. The molecule has 0 saturated carbocycles. The smallest absolute Gasteiger partial charge is 0.339 e. The molecule has 0 aliphatic rings. The number of benzene rings is 1. The molecule has 0 bridgehead atoms. The first kappa shape index (κ1) is 14.0. The number of hydrogen-bond donors (Lipinski definition) is 2. The van der Waals surface area contributed by atoms with E-state index in [2.05, 4.69) is 15.6 Å². The number of aromatic nitrogens is 3. The van der Waals surface area contributed by atoms with Crippen molar-refractivity contribution in [2.75, 3.05) is 5.32 Å². The summed E-state index contributed by atoms with van der Waals surface area (Å²) in [6, 6.07) is 4.51. The number of amides is 1. The standard InChI is InChI=1S/C12H11ClN4O3/c13-8-2-1-3-9(11(8)12(19)20)15-10(18)4-6-17-7-5-14-16-17/h1-3,5,7H,4,6H2,(H,15,18)(H,19,20). The summed E-state index contributed by atoms with van der Waals surface area (Å²) in [6.07, 6.45) is 3.29. The van der Waals surface area contributed by atoms with E-state index in [0.29, 0.717) is 6.54 Å². The highest BCUT2D eigenvalue weighted by Gasteiger charge is 2.16. The zero-order chi connectivity index (χ0) is 14.5. The highest BCUT2D eigenvalue weighted by molar-refractivity contribution is 6.34. The van der Waals surface area contributed by atoms with E-state index in [1.54, 1.807) is 12.3 Å². The average molecular weight is 295 g/mol. The molecule has 0 saturated heterocycles. The van der Waals surface area contributed by atoms with Crippen molar-refractivity contribution in [3.63, 3.8) is 0 Å². The summed E-state index contributed by atoms with van der Waals surface area (Å²) in [7, 11) is 0. The minimum absolute atomic E-state index is 0.0755. The van der Waals surface area contributed by atoms with E-state index in [1.807, 2.05) is 0 Å². The molecule has 0 aliphatic heterocycles. The van der Waals surface area contributed by atoms with Crippen molar-refractivity contribution < 1.29 is 14.7 Å². The Hall–Kier alpha value is -2.41. The summed E-state index contributed by atoms with van der Waals surface area (Å²) in [5, 5.41) is 19.0. The molecule has 2 rings (SSSR count). The van der Waals surface area contributed by atoms with E-state index in [9.17, 15) is 9.59 Å². The Morgan fingerprint density at radius 1 is 1.40 bits per heavy atom. The lowest BCUT2D eigenvalue weighted by Crippen LogP contribution is -2.17. The number of hydrogen-bond acceptors (Lipinski definition) is 4. The molecule has 8 heteroatoms. The summed E-state index contributed by atoms with van der Waals surface area (Å²) < 4.78 is 1.51. The molecule has 0 fully saturated rings. The largest absolute Gasteiger partial charge is 0.478 e. The highest BCUT2D eigenvalue weighted by Crippen LogP contribution is 2.24. The number of carboxylic acid groups (broad SMARTS) is 1. The van der Waals surface area contributed by atoms with Gasteiger partial charge in [0, 0.05) is 12.6 Å². The van der Waals surface area contributed by atoms with Gasteiger partial charge < -0.3 is 10.4 Å². The van der Waals surface area contributed by atoms with Crippen LogP contribution < -0.4 is 5.32 Å². The van der Waals surface area contributed by atoms with Crippen LogP contribution in [0.2, 0.25) is 5.02 Å². The molecule has 1 amide bonds. The minimum Gasteiger partial charge on any atom is -0.478 e. The van der Waals surface area contributed by atoms with Crippen molar-refractivity contribution in [2.24, 2.45) is 0 Å². The fraction of sp³-hybridized carbons (Fsp3) is 0.167. The van der Waals surface area contributed by atoms with E-state index in [1.165, 1.54) is 23.0 Å². The fourth-order valence-corrected chi connectivity index (χ4v) is 1.88. The van der Waals surface area contributed by atoms with Gasteiger partial charge in [0.25, 0.3) is 0 Å². The number of nitrogens with zero attached hydrogens (tertiary/aromatic N) is 3. The molecule has 20 heavy (non-hydrogen) atoms. The van der Waals surface area contributed by atoms with E-state index < -0.39 is 5.97 Å². The first-order valence-corrected chi connectivity index (χ1v) is 6.11. The van der Waals surface area contributed by atoms with E-state index in [-0.39, 0.29) is 28.6 Å². The van der Waals surface area contributed by atoms with Gasteiger partial charge in [-0.15, -0.1) is 5.10 Å². The third kappa shape index (κ3) is 3.33. The summed E-state index contributed by atoms with van der Waals surface area (Å²) in [5.74, 6) is -1.52. The number of halogens is 1. The van der Waals surface area contributed by atoms with Crippen molar-refractivity contribution in [1.29, 1.82) is 0 Å². The molecule has 1 aromatic carbocycles. The van der Waals surface area contributed by atoms with Crippen LogP contribution in [-0.2, 0) is 11.3 Å². The summed E-state index contributed by atoms with van der Waals surface area (Å²) in [5.41, 5.74) is 0.0527. The Morgan fingerprint density at radius 2 is 2.20 bits per heavy atom. The van der Waals surface area contributed by atoms with Gasteiger partial charge >= 0.3 is 5.97 Å². The van der Waals surface area contributed by atoms with Crippen LogP contribution in [-0.4, -0.2) is 32.0 Å². The van der Waals surface area contributed by atoms with E-state index in [0.717, 1.165) is 0 Å². The number of carbonyl (C=O) groups excluding carboxylic acids is 1. The Morgan fingerprint density at radius 3 is 2.85 bits per heavy atom. The first-order valence-electron chi connectivity index (χ1n) is 5.73. The molecule has 1 aromatic heterocycles. The predicted molar refractivity (Wildman–Crippen MR) is 71.7 cm³/mol. The zero-order valence-electron chi connectivity index (χ0n) is 10.3. The lowest BCUT2D eigenvalue weighted by Gasteiger charge is -2.09. The van der Waals surface area contributed by atoms with Gasteiger partial charge in [0.15, 0.2) is 0 Å². The number of aryl methyl sites for hydroxylation is 1. The van der Waals surface area contributed by atoms with Gasteiger partial charge in [-0.1, -0.05) is 22.9 Å². The van der Waals surface area contributed by atoms with Crippen LogP contribution in [0.3, 0.4) is 0 Å². The molecule has 7 nitrogen and oxygen atoms in total. The number of carboxylic acids is 1. The Balaban J connectivity index is 2.04. The van der Waals surface area contributed by atoms with Crippen LogP contribution in [0.4, 0.5) is 5.69 Å². The first-order chi connectivity index (χ1) is 9.58. The van der Waals surface area contributed by atoms with Gasteiger partial charge in [-0.2, -0.15) is 0 Å². The van der Waals surface area contributed by atoms with Crippen LogP contribution in [0.25, 0.3) is 0 Å². The van der Waals surface area contributed by atoms with Crippen LogP contribution >= 0.6 is 11.6 Å². The summed E-state index contributed by atoms with van der Waals surface area (Å²) >= 11 is 5.81. The maximum absolute atomic E-state index is 11.8. The quantitative estimate of drug-likeness (QED) is 0.874. The summed E-state index contributed by atoms with van der Waals surface area (Å²) in [4.78, 5) is 22.9. The predicted octanol–water partition coefficient (Wildman–Crippen LogP) is 1.66. The number of nitrogens with one attached hydrogen (secondary N) is 1. The maximum Gasteiger partial charge on any atom is 0.339 e.